The topological polar surface area (TPSA) is 67.6 Å². The summed E-state index contributed by atoms with van der Waals surface area (Å²) in [6.45, 7) is 6.21. The third-order valence-corrected chi connectivity index (χ3v) is 3.99. The number of anilines is 1. The molecular formula is C15H22ClN3O2. The van der Waals surface area contributed by atoms with Crippen LogP contribution >= 0.6 is 11.6 Å². The van der Waals surface area contributed by atoms with Gasteiger partial charge in [-0.2, -0.15) is 0 Å². The van der Waals surface area contributed by atoms with E-state index in [0.717, 1.165) is 12.1 Å². The minimum atomic E-state index is -0.0553. The van der Waals surface area contributed by atoms with Gasteiger partial charge in [0.15, 0.2) is 0 Å². The van der Waals surface area contributed by atoms with E-state index in [0.29, 0.717) is 30.4 Å². The van der Waals surface area contributed by atoms with Crippen LogP contribution in [0, 0.1) is 6.92 Å². The summed E-state index contributed by atoms with van der Waals surface area (Å²) < 4.78 is 5.58. The number of benzene rings is 1. The van der Waals surface area contributed by atoms with Crippen molar-refractivity contribution < 1.29 is 9.53 Å². The van der Waals surface area contributed by atoms with E-state index in [4.69, 9.17) is 22.1 Å². The maximum atomic E-state index is 12.1. The molecule has 0 spiro atoms. The summed E-state index contributed by atoms with van der Waals surface area (Å²) in [5.41, 5.74) is 7.55. The molecule has 1 amide bonds. The number of halogens is 1. The van der Waals surface area contributed by atoms with Crippen LogP contribution in [0.4, 0.5) is 5.69 Å². The van der Waals surface area contributed by atoms with Gasteiger partial charge in [0.1, 0.15) is 0 Å². The second kappa shape index (κ2) is 7.22. The van der Waals surface area contributed by atoms with Crippen LogP contribution in [0.2, 0.25) is 5.02 Å². The summed E-state index contributed by atoms with van der Waals surface area (Å²) in [4.78, 5) is 14.1. The average Bonchev–Trinajstić information content (AvgIpc) is 2.43. The van der Waals surface area contributed by atoms with E-state index in [2.05, 4.69) is 10.2 Å². The monoisotopic (exact) mass is 311 g/mol. The summed E-state index contributed by atoms with van der Waals surface area (Å²) >= 11 is 6.05. The molecule has 0 radical (unpaired) electrons. The minimum absolute atomic E-state index is 0.0135. The van der Waals surface area contributed by atoms with E-state index in [-0.39, 0.29) is 18.1 Å². The summed E-state index contributed by atoms with van der Waals surface area (Å²) in [5.74, 6) is -0.0553. The van der Waals surface area contributed by atoms with Crippen LogP contribution in [0.25, 0.3) is 0 Å². The van der Waals surface area contributed by atoms with Crippen LogP contribution in [0.15, 0.2) is 18.2 Å². The molecule has 2 atom stereocenters. The Morgan fingerprint density at radius 1 is 1.62 bits per heavy atom. The Morgan fingerprint density at radius 2 is 2.38 bits per heavy atom. The number of carbonyl (C=O) groups is 1. The number of aryl methyl sites for hydroxylation is 1. The van der Waals surface area contributed by atoms with Crippen molar-refractivity contribution >= 4 is 23.2 Å². The number of carbonyl (C=O) groups excluding carboxylic acids is 1. The van der Waals surface area contributed by atoms with Crippen LogP contribution < -0.4 is 11.1 Å². The van der Waals surface area contributed by atoms with E-state index in [1.54, 1.807) is 6.07 Å². The number of hydrogen-bond donors (Lipinski definition) is 2. The van der Waals surface area contributed by atoms with Crippen molar-refractivity contribution in [1.82, 2.24) is 4.90 Å². The number of nitrogens with one attached hydrogen (secondary N) is 1. The lowest BCUT2D eigenvalue weighted by atomic mass is 10.1. The van der Waals surface area contributed by atoms with E-state index in [9.17, 15) is 4.79 Å². The largest absolute Gasteiger partial charge is 0.374 e. The second-order valence-electron chi connectivity index (χ2n) is 5.52. The molecule has 1 aromatic rings. The van der Waals surface area contributed by atoms with Gasteiger partial charge in [-0.1, -0.05) is 17.7 Å². The van der Waals surface area contributed by atoms with Crippen molar-refractivity contribution in [1.29, 1.82) is 0 Å². The Kier molecular flexibility index (Phi) is 5.58. The zero-order valence-corrected chi connectivity index (χ0v) is 13.2. The van der Waals surface area contributed by atoms with Gasteiger partial charge in [-0.15, -0.1) is 0 Å². The Morgan fingerprint density at radius 3 is 3.05 bits per heavy atom. The predicted octanol–water partition coefficient (Wildman–Crippen LogP) is 1.63. The molecule has 5 nitrogen and oxygen atoms in total. The molecule has 116 valence electrons. The lowest BCUT2D eigenvalue weighted by molar-refractivity contribution is -0.119. The normalized spacial score (nSPS) is 21.0. The Bertz CT molecular complexity index is 508. The number of nitrogens with two attached hydrogens (primary N) is 1. The van der Waals surface area contributed by atoms with Crippen LogP contribution in [-0.4, -0.2) is 49.2 Å². The van der Waals surface area contributed by atoms with Crippen LogP contribution in [-0.2, 0) is 9.53 Å². The highest BCUT2D eigenvalue weighted by atomic mass is 35.5. The third-order valence-electron chi connectivity index (χ3n) is 3.59. The van der Waals surface area contributed by atoms with Gasteiger partial charge in [-0.05, 0) is 31.5 Å². The highest BCUT2D eigenvalue weighted by molar-refractivity contribution is 6.31. The van der Waals surface area contributed by atoms with E-state index >= 15 is 0 Å². The first-order valence-electron chi connectivity index (χ1n) is 7.11. The second-order valence-corrected chi connectivity index (χ2v) is 5.92. The molecule has 3 N–H and O–H groups in total. The molecule has 1 saturated heterocycles. The molecular weight excluding hydrogens is 290 g/mol. The zero-order chi connectivity index (χ0) is 15.4. The van der Waals surface area contributed by atoms with Gasteiger partial charge in [0.2, 0.25) is 5.91 Å². The molecule has 0 bridgehead atoms. The first-order chi connectivity index (χ1) is 9.95. The van der Waals surface area contributed by atoms with Gasteiger partial charge in [0, 0.05) is 29.8 Å². The molecule has 21 heavy (non-hydrogen) atoms. The highest BCUT2D eigenvalue weighted by Gasteiger charge is 2.24. The number of amides is 1. The molecule has 1 aromatic carbocycles. The van der Waals surface area contributed by atoms with Gasteiger partial charge in [0.25, 0.3) is 0 Å². The van der Waals surface area contributed by atoms with Gasteiger partial charge in [0.05, 0.1) is 19.3 Å². The number of rotatable bonds is 4. The fourth-order valence-electron chi connectivity index (χ4n) is 2.27. The molecule has 1 fully saturated rings. The standard InChI is InChI=1S/C15H22ClN3O2/c1-10-3-4-12(7-13(10)16)18-15(20)9-19-5-6-21-14(8-19)11(2)17/h3-4,7,11,14H,5-6,8-9,17H2,1-2H3,(H,18,20). The molecule has 2 unspecified atom stereocenters. The van der Waals surface area contributed by atoms with Crippen molar-refractivity contribution in [2.45, 2.75) is 26.0 Å². The zero-order valence-electron chi connectivity index (χ0n) is 12.4. The third kappa shape index (κ3) is 4.68. The van der Waals surface area contributed by atoms with E-state index in [1.165, 1.54) is 0 Å². The maximum absolute atomic E-state index is 12.1. The van der Waals surface area contributed by atoms with Crippen molar-refractivity contribution in [3.63, 3.8) is 0 Å². The highest BCUT2D eigenvalue weighted by Crippen LogP contribution is 2.20. The first-order valence-corrected chi connectivity index (χ1v) is 7.49. The molecule has 2 rings (SSSR count). The number of hydrogen-bond acceptors (Lipinski definition) is 4. The Balaban J connectivity index is 1.87. The van der Waals surface area contributed by atoms with Crippen molar-refractivity contribution in [2.24, 2.45) is 5.73 Å². The summed E-state index contributed by atoms with van der Waals surface area (Å²) in [6, 6.07) is 5.47. The average molecular weight is 312 g/mol. The lowest BCUT2D eigenvalue weighted by Gasteiger charge is -2.34. The molecule has 1 aliphatic rings. The van der Waals surface area contributed by atoms with Gasteiger partial charge >= 0.3 is 0 Å². The van der Waals surface area contributed by atoms with Gasteiger partial charge in [-0.3, -0.25) is 9.69 Å². The lowest BCUT2D eigenvalue weighted by Crippen LogP contribution is -2.51. The number of ether oxygens (including phenoxy) is 1. The quantitative estimate of drug-likeness (QED) is 0.887. The number of morpholine rings is 1. The predicted molar refractivity (Wildman–Crippen MR) is 84.6 cm³/mol. The van der Waals surface area contributed by atoms with E-state index < -0.39 is 0 Å². The maximum Gasteiger partial charge on any atom is 0.238 e. The molecule has 0 saturated carbocycles. The van der Waals surface area contributed by atoms with Gasteiger partial charge in [-0.25, -0.2) is 0 Å². The molecule has 0 aliphatic carbocycles. The number of nitrogens with zero attached hydrogens (tertiary/aromatic N) is 1. The Labute approximate surface area is 130 Å². The summed E-state index contributed by atoms with van der Waals surface area (Å²) in [6.07, 6.45) is -0.0135. The van der Waals surface area contributed by atoms with Crippen molar-refractivity contribution in [2.75, 3.05) is 31.6 Å². The van der Waals surface area contributed by atoms with Crippen LogP contribution in [0.1, 0.15) is 12.5 Å². The SMILES string of the molecule is Cc1ccc(NC(=O)CN2CCOC(C(C)N)C2)cc1Cl. The fourth-order valence-corrected chi connectivity index (χ4v) is 2.45. The summed E-state index contributed by atoms with van der Waals surface area (Å²) in [5, 5.41) is 3.51. The smallest absolute Gasteiger partial charge is 0.238 e. The molecule has 0 aromatic heterocycles. The fraction of sp³-hybridized carbons (Fsp3) is 0.533. The van der Waals surface area contributed by atoms with Crippen LogP contribution in [0.3, 0.4) is 0 Å². The summed E-state index contributed by atoms with van der Waals surface area (Å²) in [7, 11) is 0. The van der Waals surface area contributed by atoms with Crippen molar-refractivity contribution in [3.8, 4) is 0 Å². The first kappa shape index (κ1) is 16.2. The minimum Gasteiger partial charge on any atom is -0.374 e. The van der Waals surface area contributed by atoms with Crippen molar-refractivity contribution in [3.05, 3.63) is 28.8 Å². The molecule has 6 heteroatoms. The van der Waals surface area contributed by atoms with Crippen LogP contribution in [0.5, 0.6) is 0 Å². The molecule has 1 aliphatic heterocycles. The van der Waals surface area contributed by atoms with Gasteiger partial charge < -0.3 is 15.8 Å². The van der Waals surface area contributed by atoms with E-state index in [1.807, 2.05) is 26.0 Å². The Hall–Kier alpha value is -1.14. The molecule has 1 heterocycles.